The zero-order valence-electron chi connectivity index (χ0n) is 18.9. The summed E-state index contributed by atoms with van der Waals surface area (Å²) in [6, 6.07) is 7.48. The second-order valence-electron chi connectivity index (χ2n) is 8.83. The molecule has 1 aliphatic carbocycles. The van der Waals surface area contributed by atoms with Gasteiger partial charge in [-0.05, 0) is 56.1 Å². The van der Waals surface area contributed by atoms with Crippen LogP contribution in [0.3, 0.4) is 0 Å². The number of aryl methyl sites for hydroxylation is 1. The molecule has 9 nitrogen and oxygen atoms in total. The average Bonchev–Trinajstić information content (AvgIpc) is 3.64. The number of pyridine rings is 1. The third-order valence-corrected chi connectivity index (χ3v) is 6.57. The van der Waals surface area contributed by atoms with Crippen molar-refractivity contribution in [3.05, 3.63) is 62.4 Å². The molecule has 3 aromatic rings. The fourth-order valence-corrected chi connectivity index (χ4v) is 4.53. The molecule has 0 unspecified atom stereocenters. The van der Waals surface area contributed by atoms with Gasteiger partial charge in [0.2, 0.25) is 0 Å². The molecule has 33 heavy (non-hydrogen) atoms. The number of nitrogens with one attached hydrogen (secondary N) is 2. The van der Waals surface area contributed by atoms with E-state index in [0.29, 0.717) is 11.3 Å². The SMILES string of the molecule is CCN1CCN(c2ccc(NC(=O)c3cnc4c(c3)c(=O)[nH]c(=O)n4C3CC3)cc2C)CC1. The maximum absolute atomic E-state index is 12.9. The van der Waals surface area contributed by atoms with E-state index in [0.717, 1.165) is 51.1 Å². The van der Waals surface area contributed by atoms with Crippen molar-refractivity contribution in [2.24, 2.45) is 0 Å². The van der Waals surface area contributed by atoms with Gasteiger partial charge in [-0.25, -0.2) is 9.78 Å². The summed E-state index contributed by atoms with van der Waals surface area (Å²) in [5, 5.41) is 3.15. The molecule has 2 aromatic heterocycles. The molecule has 172 valence electrons. The maximum atomic E-state index is 12.9. The monoisotopic (exact) mass is 448 g/mol. The number of piperazine rings is 1. The van der Waals surface area contributed by atoms with Crippen molar-refractivity contribution in [2.45, 2.75) is 32.7 Å². The third-order valence-electron chi connectivity index (χ3n) is 6.57. The van der Waals surface area contributed by atoms with Crippen LogP contribution in [0.25, 0.3) is 11.0 Å². The third kappa shape index (κ3) is 4.16. The fourth-order valence-electron chi connectivity index (χ4n) is 4.53. The molecule has 9 heteroatoms. The largest absolute Gasteiger partial charge is 0.369 e. The van der Waals surface area contributed by atoms with E-state index in [2.05, 4.69) is 32.0 Å². The molecule has 2 N–H and O–H groups in total. The van der Waals surface area contributed by atoms with E-state index in [-0.39, 0.29) is 22.9 Å². The quantitative estimate of drug-likeness (QED) is 0.620. The Hall–Kier alpha value is -3.46. The molecular formula is C24H28N6O3. The summed E-state index contributed by atoms with van der Waals surface area (Å²) in [5.74, 6) is -0.350. The van der Waals surface area contributed by atoms with E-state index in [1.165, 1.54) is 22.5 Å². The van der Waals surface area contributed by atoms with E-state index >= 15 is 0 Å². The first-order valence-electron chi connectivity index (χ1n) is 11.5. The highest BCUT2D eigenvalue weighted by atomic mass is 16.2. The first-order chi connectivity index (χ1) is 15.9. The molecule has 5 rings (SSSR count). The number of aromatic amines is 1. The predicted molar refractivity (Wildman–Crippen MR) is 128 cm³/mol. The Labute approximate surface area is 191 Å². The van der Waals surface area contributed by atoms with E-state index in [1.807, 2.05) is 25.1 Å². The topological polar surface area (TPSA) is 103 Å². The first kappa shape index (κ1) is 21.4. The highest BCUT2D eigenvalue weighted by Crippen LogP contribution is 2.34. The fraction of sp³-hybridized carbons (Fsp3) is 0.417. The number of hydrogen-bond donors (Lipinski definition) is 2. The van der Waals surface area contributed by atoms with E-state index in [1.54, 1.807) is 0 Å². The Morgan fingerprint density at radius 3 is 2.58 bits per heavy atom. The van der Waals surface area contributed by atoms with Gasteiger partial charge in [0.05, 0.1) is 10.9 Å². The van der Waals surface area contributed by atoms with Crippen molar-refractivity contribution in [1.82, 2.24) is 19.4 Å². The van der Waals surface area contributed by atoms with Gasteiger partial charge in [-0.2, -0.15) is 0 Å². The van der Waals surface area contributed by atoms with Crippen molar-refractivity contribution in [3.63, 3.8) is 0 Å². The van der Waals surface area contributed by atoms with Crippen LogP contribution >= 0.6 is 0 Å². The first-order valence-corrected chi connectivity index (χ1v) is 11.5. The predicted octanol–water partition coefficient (Wildman–Crippen LogP) is 2.12. The van der Waals surface area contributed by atoms with Crippen molar-refractivity contribution in [3.8, 4) is 0 Å². The molecule has 1 aliphatic heterocycles. The van der Waals surface area contributed by atoms with Gasteiger partial charge in [0, 0.05) is 49.8 Å². The minimum atomic E-state index is -0.530. The summed E-state index contributed by atoms with van der Waals surface area (Å²) < 4.78 is 1.51. The smallest absolute Gasteiger partial charge is 0.330 e. The Balaban J connectivity index is 1.36. The van der Waals surface area contributed by atoms with Gasteiger partial charge in [0.15, 0.2) is 0 Å². The van der Waals surface area contributed by atoms with Gasteiger partial charge in [0.25, 0.3) is 11.5 Å². The van der Waals surface area contributed by atoms with Crippen LogP contribution in [0.15, 0.2) is 40.1 Å². The number of anilines is 2. The van der Waals surface area contributed by atoms with Crippen molar-refractivity contribution >= 4 is 28.3 Å². The Bertz CT molecular complexity index is 1330. The van der Waals surface area contributed by atoms with Crippen molar-refractivity contribution < 1.29 is 4.79 Å². The average molecular weight is 449 g/mol. The molecule has 0 spiro atoms. The zero-order valence-corrected chi connectivity index (χ0v) is 18.9. The number of benzene rings is 1. The van der Waals surface area contributed by atoms with Crippen LogP contribution in [0, 0.1) is 6.92 Å². The molecule has 2 fully saturated rings. The Kier molecular flexibility index (Phi) is 5.49. The maximum Gasteiger partial charge on any atom is 0.330 e. The molecule has 2 aliphatic rings. The Morgan fingerprint density at radius 1 is 1.15 bits per heavy atom. The minimum Gasteiger partial charge on any atom is -0.369 e. The molecule has 1 saturated heterocycles. The second kappa shape index (κ2) is 8.47. The molecule has 1 amide bonds. The summed E-state index contributed by atoms with van der Waals surface area (Å²) in [4.78, 5) is 48.9. The highest BCUT2D eigenvalue weighted by molar-refractivity contribution is 6.05. The van der Waals surface area contributed by atoms with Crippen LogP contribution in [0.1, 0.15) is 41.7 Å². The number of aromatic nitrogens is 3. The molecular weight excluding hydrogens is 420 g/mol. The number of hydrogen-bond acceptors (Lipinski definition) is 6. The van der Waals surface area contributed by atoms with Gasteiger partial charge in [-0.1, -0.05) is 6.92 Å². The lowest BCUT2D eigenvalue weighted by molar-refractivity contribution is 0.102. The van der Waals surface area contributed by atoms with Gasteiger partial charge in [0.1, 0.15) is 5.65 Å². The second-order valence-corrected chi connectivity index (χ2v) is 8.83. The van der Waals surface area contributed by atoms with Crippen molar-refractivity contribution in [1.29, 1.82) is 0 Å². The standard InChI is InChI=1S/C24H28N6O3/c1-3-28-8-10-29(11-9-28)20-7-4-17(12-15(20)2)26-22(31)16-13-19-21(25-14-16)30(18-5-6-18)24(33)27-23(19)32/h4,7,12-14,18H,3,5-6,8-11H2,1-2H3,(H,26,31)(H,27,32,33). The number of rotatable bonds is 5. The van der Waals surface area contributed by atoms with Crippen LogP contribution in [-0.2, 0) is 0 Å². The number of carbonyl (C=O) groups excluding carboxylic acids is 1. The zero-order chi connectivity index (χ0) is 23.1. The van der Waals surface area contributed by atoms with Crippen LogP contribution in [-0.4, -0.2) is 58.1 Å². The molecule has 1 aromatic carbocycles. The normalized spacial score (nSPS) is 16.8. The molecule has 3 heterocycles. The molecule has 0 radical (unpaired) electrons. The molecule has 0 bridgehead atoms. The number of likely N-dealkylation sites (N-methyl/N-ethyl adjacent to an activating group) is 1. The number of amides is 1. The van der Waals surface area contributed by atoms with Gasteiger partial charge >= 0.3 is 5.69 Å². The number of H-pyrrole nitrogens is 1. The summed E-state index contributed by atoms with van der Waals surface area (Å²) >= 11 is 0. The van der Waals surface area contributed by atoms with E-state index in [4.69, 9.17) is 0 Å². The number of fused-ring (bicyclic) bond motifs is 1. The number of nitrogens with zero attached hydrogens (tertiary/aromatic N) is 4. The Morgan fingerprint density at radius 2 is 1.91 bits per heavy atom. The summed E-state index contributed by atoms with van der Waals surface area (Å²) in [6.07, 6.45) is 3.19. The number of carbonyl (C=O) groups is 1. The summed E-state index contributed by atoms with van der Waals surface area (Å²) in [5.41, 5.74) is 2.58. The van der Waals surface area contributed by atoms with E-state index in [9.17, 15) is 14.4 Å². The van der Waals surface area contributed by atoms with Crippen LogP contribution < -0.4 is 21.5 Å². The molecule has 1 saturated carbocycles. The lowest BCUT2D eigenvalue weighted by Crippen LogP contribution is -2.46. The van der Waals surface area contributed by atoms with Gasteiger partial charge < -0.3 is 15.1 Å². The van der Waals surface area contributed by atoms with Crippen LogP contribution in [0.2, 0.25) is 0 Å². The highest BCUT2D eigenvalue weighted by Gasteiger charge is 2.28. The summed E-state index contributed by atoms with van der Waals surface area (Å²) in [7, 11) is 0. The lowest BCUT2D eigenvalue weighted by atomic mass is 10.1. The summed E-state index contributed by atoms with van der Waals surface area (Å²) in [6.45, 7) is 9.39. The van der Waals surface area contributed by atoms with Crippen LogP contribution in [0.4, 0.5) is 11.4 Å². The minimum absolute atomic E-state index is 0.0652. The van der Waals surface area contributed by atoms with Gasteiger partial charge in [-0.3, -0.25) is 19.1 Å². The lowest BCUT2D eigenvalue weighted by Gasteiger charge is -2.36. The molecule has 0 atom stereocenters. The van der Waals surface area contributed by atoms with Crippen LogP contribution in [0.5, 0.6) is 0 Å². The van der Waals surface area contributed by atoms with E-state index < -0.39 is 11.2 Å². The van der Waals surface area contributed by atoms with Crippen molar-refractivity contribution in [2.75, 3.05) is 42.9 Å². The van der Waals surface area contributed by atoms with Gasteiger partial charge in [-0.15, -0.1) is 0 Å².